The van der Waals surface area contributed by atoms with Crippen LogP contribution in [0, 0.1) is 17.6 Å². The molecule has 0 aromatic heterocycles. The third kappa shape index (κ3) is 4.91. The summed E-state index contributed by atoms with van der Waals surface area (Å²) >= 11 is 0. The smallest absolute Gasteiger partial charge is 0.315 e. The van der Waals surface area contributed by atoms with Gasteiger partial charge in [0.15, 0.2) is 0 Å². The SMILES string of the molecule is C[C@H]1CCC[C@H]1NC(=O)NCCNC(=O)c1ccc(F)cc1F. The van der Waals surface area contributed by atoms with Gasteiger partial charge in [-0.2, -0.15) is 0 Å². The van der Waals surface area contributed by atoms with Gasteiger partial charge in [-0.1, -0.05) is 13.3 Å². The van der Waals surface area contributed by atoms with E-state index in [2.05, 4.69) is 22.9 Å². The molecular weight excluding hydrogens is 304 g/mol. The molecule has 2 atom stereocenters. The number of rotatable bonds is 5. The zero-order valence-electron chi connectivity index (χ0n) is 13.0. The Balaban J connectivity index is 1.68. The zero-order valence-corrected chi connectivity index (χ0v) is 13.0. The van der Waals surface area contributed by atoms with Crippen molar-refractivity contribution < 1.29 is 18.4 Å². The normalized spacial score (nSPS) is 20.1. The molecule has 23 heavy (non-hydrogen) atoms. The van der Waals surface area contributed by atoms with E-state index in [1.165, 1.54) is 0 Å². The Morgan fingerprint density at radius 3 is 2.57 bits per heavy atom. The quantitative estimate of drug-likeness (QED) is 0.726. The molecule has 3 amide bonds. The highest BCUT2D eigenvalue weighted by molar-refractivity contribution is 5.94. The van der Waals surface area contributed by atoms with E-state index < -0.39 is 17.5 Å². The number of amides is 3. The number of urea groups is 1. The summed E-state index contributed by atoms with van der Waals surface area (Å²) in [5.41, 5.74) is -0.226. The van der Waals surface area contributed by atoms with Crippen LogP contribution in [0.2, 0.25) is 0 Å². The number of carbonyl (C=O) groups is 2. The van der Waals surface area contributed by atoms with Crippen molar-refractivity contribution in [2.45, 2.75) is 32.2 Å². The molecule has 0 aliphatic heterocycles. The summed E-state index contributed by atoms with van der Waals surface area (Å²) in [5.74, 6) is -1.82. The van der Waals surface area contributed by atoms with Crippen LogP contribution < -0.4 is 16.0 Å². The van der Waals surface area contributed by atoms with E-state index in [4.69, 9.17) is 0 Å². The number of hydrogen-bond donors (Lipinski definition) is 3. The Hall–Kier alpha value is -2.18. The summed E-state index contributed by atoms with van der Waals surface area (Å²) in [6.45, 7) is 2.49. The molecule has 2 rings (SSSR count). The van der Waals surface area contributed by atoms with Gasteiger partial charge in [0, 0.05) is 25.2 Å². The third-order valence-corrected chi connectivity index (χ3v) is 4.05. The number of hydrogen-bond acceptors (Lipinski definition) is 2. The standard InChI is InChI=1S/C16H21F2N3O2/c1-10-3-2-4-14(10)21-16(23)20-8-7-19-15(22)12-6-5-11(17)9-13(12)18/h5-6,9-10,14H,2-4,7-8H2,1H3,(H,19,22)(H2,20,21,23)/t10-,14+/m0/s1. The Labute approximate surface area is 133 Å². The van der Waals surface area contributed by atoms with Crippen LogP contribution in [0.25, 0.3) is 0 Å². The highest BCUT2D eigenvalue weighted by Crippen LogP contribution is 2.24. The number of carbonyl (C=O) groups excluding carboxylic acids is 2. The van der Waals surface area contributed by atoms with Crippen molar-refractivity contribution in [3.8, 4) is 0 Å². The van der Waals surface area contributed by atoms with Crippen molar-refractivity contribution in [1.82, 2.24) is 16.0 Å². The maximum absolute atomic E-state index is 13.4. The molecule has 0 spiro atoms. The maximum Gasteiger partial charge on any atom is 0.315 e. The van der Waals surface area contributed by atoms with Crippen LogP contribution >= 0.6 is 0 Å². The monoisotopic (exact) mass is 325 g/mol. The minimum atomic E-state index is -0.913. The first-order valence-electron chi connectivity index (χ1n) is 7.75. The highest BCUT2D eigenvalue weighted by Gasteiger charge is 2.24. The van der Waals surface area contributed by atoms with Crippen LogP contribution in [0.15, 0.2) is 18.2 Å². The van der Waals surface area contributed by atoms with Gasteiger partial charge in [0.2, 0.25) is 0 Å². The average Bonchev–Trinajstić information content (AvgIpc) is 2.88. The van der Waals surface area contributed by atoms with Crippen LogP contribution in [0.1, 0.15) is 36.5 Å². The second-order valence-corrected chi connectivity index (χ2v) is 5.79. The molecule has 0 heterocycles. The van der Waals surface area contributed by atoms with Crippen LogP contribution in [0.3, 0.4) is 0 Å². The molecule has 126 valence electrons. The number of halogens is 2. The largest absolute Gasteiger partial charge is 0.350 e. The number of nitrogens with one attached hydrogen (secondary N) is 3. The van der Waals surface area contributed by atoms with Crippen LogP contribution in [-0.4, -0.2) is 31.1 Å². The lowest BCUT2D eigenvalue weighted by molar-refractivity contribution is 0.0949. The summed E-state index contributed by atoms with van der Waals surface area (Å²) in [6, 6.07) is 2.68. The van der Waals surface area contributed by atoms with Gasteiger partial charge in [-0.3, -0.25) is 4.79 Å². The maximum atomic E-state index is 13.4. The first-order valence-corrected chi connectivity index (χ1v) is 7.75. The summed E-state index contributed by atoms with van der Waals surface area (Å²) in [4.78, 5) is 23.5. The Morgan fingerprint density at radius 1 is 1.17 bits per heavy atom. The fraction of sp³-hybridized carbons (Fsp3) is 0.500. The molecule has 0 unspecified atom stereocenters. The van der Waals surface area contributed by atoms with Crippen LogP contribution in [0.5, 0.6) is 0 Å². The van der Waals surface area contributed by atoms with Crippen molar-refractivity contribution in [1.29, 1.82) is 0 Å². The first kappa shape index (κ1) is 17.2. The van der Waals surface area contributed by atoms with Gasteiger partial charge in [-0.25, -0.2) is 13.6 Å². The van der Waals surface area contributed by atoms with Crippen LogP contribution in [-0.2, 0) is 0 Å². The Bertz CT molecular complexity index is 580. The van der Waals surface area contributed by atoms with E-state index in [-0.39, 0.29) is 30.7 Å². The molecule has 1 fully saturated rings. The molecule has 1 aromatic rings. The lowest BCUT2D eigenvalue weighted by Crippen LogP contribution is -2.45. The van der Waals surface area contributed by atoms with Gasteiger partial charge >= 0.3 is 6.03 Å². The van der Waals surface area contributed by atoms with E-state index in [0.29, 0.717) is 12.0 Å². The van der Waals surface area contributed by atoms with Crippen molar-refractivity contribution in [2.24, 2.45) is 5.92 Å². The molecule has 0 radical (unpaired) electrons. The van der Waals surface area contributed by atoms with Gasteiger partial charge in [0.05, 0.1) is 5.56 Å². The molecule has 1 aliphatic rings. The summed E-state index contributed by atoms with van der Waals surface area (Å²) in [7, 11) is 0. The molecule has 7 heteroatoms. The summed E-state index contributed by atoms with van der Waals surface area (Å²) in [6.07, 6.45) is 3.21. The third-order valence-electron chi connectivity index (χ3n) is 4.05. The minimum Gasteiger partial charge on any atom is -0.350 e. The predicted molar refractivity (Wildman–Crippen MR) is 82.0 cm³/mol. The van der Waals surface area contributed by atoms with E-state index in [9.17, 15) is 18.4 Å². The second-order valence-electron chi connectivity index (χ2n) is 5.79. The van der Waals surface area contributed by atoms with E-state index in [1.54, 1.807) is 0 Å². The zero-order chi connectivity index (χ0) is 16.8. The molecule has 1 aliphatic carbocycles. The molecule has 1 aromatic carbocycles. The first-order chi connectivity index (χ1) is 11.0. The van der Waals surface area contributed by atoms with E-state index in [0.717, 1.165) is 31.4 Å². The second kappa shape index (κ2) is 7.89. The van der Waals surface area contributed by atoms with Gasteiger partial charge in [-0.05, 0) is 30.9 Å². The molecule has 1 saturated carbocycles. The van der Waals surface area contributed by atoms with Crippen LogP contribution in [0.4, 0.5) is 13.6 Å². The molecular formula is C16H21F2N3O2. The van der Waals surface area contributed by atoms with E-state index in [1.807, 2.05) is 0 Å². The van der Waals surface area contributed by atoms with Gasteiger partial charge in [0.25, 0.3) is 5.91 Å². The predicted octanol–water partition coefficient (Wildman–Crippen LogP) is 2.18. The Morgan fingerprint density at radius 2 is 1.91 bits per heavy atom. The summed E-state index contributed by atoms with van der Waals surface area (Å²) < 4.78 is 26.2. The van der Waals surface area contributed by atoms with Crippen molar-refractivity contribution >= 4 is 11.9 Å². The minimum absolute atomic E-state index is 0.156. The summed E-state index contributed by atoms with van der Waals surface area (Å²) in [5, 5.41) is 8.01. The average molecular weight is 325 g/mol. The van der Waals surface area contributed by atoms with Gasteiger partial charge in [0.1, 0.15) is 11.6 Å². The lowest BCUT2D eigenvalue weighted by atomic mass is 10.1. The van der Waals surface area contributed by atoms with Crippen molar-refractivity contribution in [2.75, 3.05) is 13.1 Å². The lowest BCUT2D eigenvalue weighted by Gasteiger charge is -2.17. The topological polar surface area (TPSA) is 70.2 Å². The fourth-order valence-electron chi connectivity index (χ4n) is 2.70. The molecule has 0 bridgehead atoms. The van der Waals surface area contributed by atoms with Crippen molar-refractivity contribution in [3.63, 3.8) is 0 Å². The Kier molecular flexibility index (Phi) is 5.90. The number of benzene rings is 1. The van der Waals surface area contributed by atoms with Gasteiger partial charge < -0.3 is 16.0 Å². The highest BCUT2D eigenvalue weighted by atomic mass is 19.1. The van der Waals surface area contributed by atoms with E-state index >= 15 is 0 Å². The fourth-order valence-corrected chi connectivity index (χ4v) is 2.70. The molecule has 5 nitrogen and oxygen atoms in total. The van der Waals surface area contributed by atoms with Gasteiger partial charge in [-0.15, -0.1) is 0 Å². The molecule has 3 N–H and O–H groups in total. The molecule has 0 saturated heterocycles. The van der Waals surface area contributed by atoms with Crippen molar-refractivity contribution in [3.05, 3.63) is 35.4 Å².